The van der Waals surface area contributed by atoms with Crippen molar-refractivity contribution in [1.82, 2.24) is 15.0 Å². The number of rotatable bonds is 5. The summed E-state index contributed by atoms with van der Waals surface area (Å²) in [6, 6.07) is -0.680. The number of fused-ring (bicyclic) bond motifs is 1. The van der Waals surface area contributed by atoms with Crippen LogP contribution in [0.15, 0.2) is 12.5 Å². The van der Waals surface area contributed by atoms with Crippen molar-refractivity contribution >= 4 is 16.7 Å². The van der Waals surface area contributed by atoms with Crippen molar-refractivity contribution in [3.05, 3.63) is 12.5 Å². The van der Waals surface area contributed by atoms with Crippen LogP contribution < -0.4 is 4.90 Å². The van der Waals surface area contributed by atoms with Gasteiger partial charge in [-0.25, -0.2) is 9.97 Å². The average Bonchev–Trinajstić information content (AvgIpc) is 2.84. The van der Waals surface area contributed by atoms with Crippen molar-refractivity contribution in [3.8, 4) is 5.88 Å². The summed E-state index contributed by atoms with van der Waals surface area (Å²) in [5.74, 6) is -0.173. The number of hydrogen-bond acceptors (Lipinski definition) is 7. The molecule has 0 amide bonds. The zero-order chi connectivity index (χ0) is 14.0. The lowest BCUT2D eigenvalue weighted by molar-refractivity contribution is 0.0533. The number of nitrogens with zero attached hydrogens (tertiary/aromatic N) is 3. The van der Waals surface area contributed by atoms with E-state index in [9.17, 15) is 15.3 Å². The molecule has 0 aromatic carbocycles. The van der Waals surface area contributed by atoms with Gasteiger partial charge in [0.1, 0.15) is 17.4 Å². The minimum atomic E-state index is -1.09. The van der Waals surface area contributed by atoms with Crippen molar-refractivity contribution in [2.45, 2.75) is 12.1 Å². The third-order valence-electron chi connectivity index (χ3n) is 3.12. The molecule has 0 aliphatic carbocycles. The van der Waals surface area contributed by atoms with Gasteiger partial charge >= 0.3 is 0 Å². The number of likely N-dealkylation sites (N-methyl/N-ethyl adjacent to an activating group) is 1. The van der Waals surface area contributed by atoms with E-state index in [0.29, 0.717) is 16.7 Å². The summed E-state index contributed by atoms with van der Waals surface area (Å²) in [6.07, 6.45) is 1.72. The Kier molecular flexibility index (Phi) is 3.84. The van der Waals surface area contributed by atoms with Crippen molar-refractivity contribution < 1.29 is 20.4 Å². The molecule has 2 atom stereocenters. The topological polar surface area (TPSA) is 126 Å². The number of hydrogen-bond donors (Lipinski definition) is 5. The van der Waals surface area contributed by atoms with E-state index in [1.807, 2.05) is 0 Å². The molecule has 0 aliphatic heterocycles. The lowest BCUT2D eigenvalue weighted by Gasteiger charge is -2.30. The smallest absolute Gasteiger partial charge is 0.239 e. The van der Waals surface area contributed by atoms with Crippen LogP contribution >= 0.6 is 0 Å². The van der Waals surface area contributed by atoms with Crippen LogP contribution in [0.2, 0.25) is 0 Å². The summed E-state index contributed by atoms with van der Waals surface area (Å²) in [5, 5.41) is 37.5. The Morgan fingerprint density at radius 3 is 2.68 bits per heavy atom. The summed E-state index contributed by atoms with van der Waals surface area (Å²) in [4.78, 5) is 12.1. The van der Waals surface area contributed by atoms with Crippen molar-refractivity contribution in [1.29, 1.82) is 0 Å². The molecule has 2 heterocycles. The highest BCUT2D eigenvalue weighted by atomic mass is 16.3. The number of nitrogens with one attached hydrogen (secondary N) is 1. The van der Waals surface area contributed by atoms with Gasteiger partial charge in [0.25, 0.3) is 0 Å². The lowest BCUT2D eigenvalue weighted by atomic mass is 10.1. The summed E-state index contributed by atoms with van der Waals surface area (Å²) >= 11 is 0. The molecule has 0 aliphatic rings. The van der Waals surface area contributed by atoms with Crippen LogP contribution in [-0.4, -0.2) is 67.8 Å². The van der Waals surface area contributed by atoms with E-state index >= 15 is 0 Å². The van der Waals surface area contributed by atoms with Crippen LogP contribution in [0.4, 0.5) is 5.69 Å². The van der Waals surface area contributed by atoms with Crippen LogP contribution in [-0.2, 0) is 0 Å². The molecule has 104 valence electrons. The lowest BCUT2D eigenvalue weighted by Crippen LogP contribution is -2.45. The molecule has 19 heavy (non-hydrogen) atoms. The van der Waals surface area contributed by atoms with E-state index < -0.39 is 18.8 Å². The molecule has 0 radical (unpaired) electrons. The van der Waals surface area contributed by atoms with Crippen LogP contribution in [0.5, 0.6) is 5.88 Å². The van der Waals surface area contributed by atoms with Crippen molar-refractivity contribution in [3.63, 3.8) is 0 Å². The summed E-state index contributed by atoms with van der Waals surface area (Å²) in [5.41, 5.74) is 1.43. The number of anilines is 1. The molecular formula is C11H16N4O4. The fraction of sp³-hybridized carbons (Fsp3) is 0.455. The van der Waals surface area contributed by atoms with E-state index in [-0.39, 0.29) is 12.5 Å². The molecule has 2 aromatic heterocycles. The van der Waals surface area contributed by atoms with Crippen LogP contribution in [0.1, 0.15) is 0 Å². The maximum absolute atomic E-state index is 9.67. The van der Waals surface area contributed by atoms with Gasteiger partial charge in [-0.15, -0.1) is 0 Å². The first-order valence-corrected chi connectivity index (χ1v) is 5.73. The molecule has 0 saturated carbocycles. The predicted octanol–water partition coefficient (Wildman–Crippen LogP) is -1.19. The second kappa shape index (κ2) is 5.39. The second-order valence-corrected chi connectivity index (χ2v) is 4.21. The minimum absolute atomic E-state index is 0.173. The molecule has 2 rings (SSSR count). The monoisotopic (exact) mass is 268 g/mol. The number of aromatic amines is 1. The molecule has 5 N–H and O–H groups in total. The maximum Gasteiger partial charge on any atom is 0.239 e. The highest BCUT2D eigenvalue weighted by Gasteiger charge is 2.25. The number of aromatic hydroxyl groups is 1. The Morgan fingerprint density at radius 1 is 1.32 bits per heavy atom. The number of H-pyrrole nitrogens is 1. The van der Waals surface area contributed by atoms with E-state index in [4.69, 9.17) is 5.11 Å². The molecule has 0 saturated heterocycles. The molecule has 0 fully saturated rings. The second-order valence-electron chi connectivity index (χ2n) is 4.21. The Balaban J connectivity index is 2.41. The first-order valence-electron chi connectivity index (χ1n) is 5.73. The highest BCUT2D eigenvalue weighted by molar-refractivity contribution is 5.91. The molecule has 2 aromatic rings. The standard InChI is InChI=1S/C11H16N4O4/c1-15(7(3-16)8(18)4-17)6-2-12-10-9(6)13-5-14-11(10)19/h2,5,7-8,12,16-18H,3-4H2,1H3,(H,13,14,19)/t7-,8+/m1/s1. The fourth-order valence-electron chi connectivity index (χ4n) is 1.98. The molecule has 0 unspecified atom stereocenters. The SMILES string of the molecule is CN(c1c[nH]c2c(O)ncnc12)[C@H](CO)[C@@H](O)CO. The van der Waals surface area contributed by atoms with Gasteiger partial charge in [-0.05, 0) is 0 Å². The zero-order valence-corrected chi connectivity index (χ0v) is 10.4. The van der Waals surface area contributed by atoms with E-state index in [2.05, 4.69) is 15.0 Å². The highest BCUT2D eigenvalue weighted by Crippen LogP contribution is 2.29. The molecule has 0 spiro atoms. The van der Waals surface area contributed by atoms with E-state index in [1.165, 1.54) is 6.33 Å². The van der Waals surface area contributed by atoms with Crippen LogP contribution in [0.3, 0.4) is 0 Å². The number of aliphatic hydroxyl groups is 3. The number of aromatic nitrogens is 3. The Morgan fingerprint density at radius 2 is 2.05 bits per heavy atom. The minimum Gasteiger partial charge on any atom is -0.492 e. The van der Waals surface area contributed by atoms with Crippen LogP contribution in [0.25, 0.3) is 11.0 Å². The number of aliphatic hydroxyl groups excluding tert-OH is 3. The Bertz CT molecular complexity index is 559. The molecular weight excluding hydrogens is 252 g/mol. The molecule has 8 nitrogen and oxygen atoms in total. The van der Waals surface area contributed by atoms with Gasteiger partial charge in [0.2, 0.25) is 5.88 Å². The first-order chi connectivity index (χ1) is 9.10. The van der Waals surface area contributed by atoms with Gasteiger partial charge in [-0.2, -0.15) is 0 Å². The normalized spacial score (nSPS) is 14.5. The van der Waals surface area contributed by atoms with E-state index in [1.54, 1.807) is 18.1 Å². The first kappa shape index (κ1) is 13.5. The maximum atomic E-state index is 9.67. The van der Waals surface area contributed by atoms with Crippen LogP contribution in [0, 0.1) is 0 Å². The van der Waals surface area contributed by atoms with Gasteiger partial charge in [-0.3, -0.25) is 0 Å². The largest absolute Gasteiger partial charge is 0.492 e. The van der Waals surface area contributed by atoms with Gasteiger partial charge in [-0.1, -0.05) is 0 Å². The van der Waals surface area contributed by atoms with Gasteiger partial charge in [0.05, 0.1) is 31.0 Å². The predicted molar refractivity (Wildman–Crippen MR) is 67.9 cm³/mol. The molecule has 8 heteroatoms. The quantitative estimate of drug-likeness (QED) is 0.462. The van der Waals surface area contributed by atoms with E-state index in [0.717, 1.165) is 0 Å². The summed E-state index contributed by atoms with van der Waals surface area (Å²) < 4.78 is 0. The zero-order valence-electron chi connectivity index (χ0n) is 10.4. The third-order valence-corrected chi connectivity index (χ3v) is 3.12. The molecule has 0 bridgehead atoms. The van der Waals surface area contributed by atoms with Gasteiger partial charge in [0.15, 0.2) is 0 Å². The van der Waals surface area contributed by atoms with Gasteiger partial charge < -0.3 is 30.3 Å². The fourth-order valence-corrected chi connectivity index (χ4v) is 1.98. The Labute approximate surface area is 109 Å². The van der Waals surface area contributed by atoms with Crippen molar-refractivity contribution in [2.75, 3.05) is 25.2 Å². The summed E-state index contributed by atoms with van der Waals surface area (Å²) in [6.45, 7) is -0.792. The average molecular weight is 268 g/mol. The summed E-state index contributed by atoms with van der Waals surface area (Å²) in [7, 11) is 1.65. The Hall–Kier alpha value is -1.90. The third kappa shape index (κ3) is 2.33. The van der Waals surface area contributed by atoms with Gasteiger partial charge in [0, 0.05) is 13.2 Å². The van der Waals surface area contributed by atoms with Crippen molar-refractivity contribution in [2.24, 2.45) is 0 Å².